The highest BCUT2D eigenvalue weighted by Gasteiger charge is 2.04. The minimum atomic E-state index is 0.0205. The van der Waals surface area contributed by atoms with Crippen molar-refractivity contribution in [3.63, 3.8) is 0 Å². The van der Waals surface area contributed by atoms with E-state index in [2.05, 4.69) is 5.32 Å². The Morgan fingerprint density at radius 2 is 1.83 bits per heavy atom. The molecule has 1 N–H and O–H groups in total. The van der Waals surface area contributed by atoms with E-state index in [4.69, 9.17) is 0 Å². The molecule has 2 aromatic carbocycles. The van der Waals surface area contributed by atoms with Crippen molar-refractivity contribution < 1.29 is 9.59 Å². The van der Waals surface area contributed by atoms with E-state index in [0.29, 0.717) is 11.1 Å². The number of hydrogen-bond acceptors (Lipinski definition) is 3. The summed E-state index contributed by atoms with van der Waals surface area (Å²) in [6, 6.07) is 16.1. The molecule has 0 saturated carbocycles. The van der Waals surface area contributed by atoms with Crippen LogP contribution in [-0.2, 0) is 0 Å². The Morgan fingerprint density at radius 1 is 1.06 bits per heavy atom. The van der Waals surface area contributed by atoms with Gasteiger partial charge in [-0.3, -0.25) is 9.59 Å². The summed E-state index contributed by atoms with van der Waals surface area (Å²) in [5.41, 5.74) is 2.03. The summed E-state index contributed by atoms with van der Waals surface area (Å²) in [6.45, 7) is 0.215. The maximum absolute atomic E-state index is 11.8. The number of carbonyl (C=O) groups excluding carboxylic acids is 2. The van der Waals surface area contributed by atoms with Crippen LogP contribution in [-0.4, -0.2) is 18.6 Å². The van der Waals surface area contributed by atoms with Gasteiger partial charge < -0.3 is 5.32 Å². The first-order chi connectivity index (χ1) is 8.79. The minimum Gasteiger partial charge on any atom is -0.378 e. The first-order valence-corrected chi connectivity index (χ1v) is 5.67. The van der Waals surface area contributed by atoms with Gasteiger partial charge in [0.2, 0.25) is 0 Å². The van der Waals surface area contributed by atoms with Gasteiger partial charge in [-0.2, -0.15) is 0 Å². The molecule has 0 aliphatic heterocycles. The average molecular weight is 239 g/mol. The zero-order valence-electron chi connectivity index (χ0n) is 9.80. The summed E-state index contributed by atoms with van der Waals surface area (Å²) in [4.78, 5) is 22.5. The Balaban J connectivity index is 1.99. The maximum atomic E-state index is 11.8. The van der Waals surface area contributed by atoms with Gasteiger partial charge in [0.25, 0.3) is 0 Å². The Labute approximate surface area is 105 Å². The second-order valence-corrected chi connectivity index (χ2v) is 3.89. The van der Waals surface area contributed by atoms with E-state index in [1.165, 1.54) is 0 Å². The van der Waals surface area contributed by atoms with E-state index in [1.54, 1.807) is 30.3 Å². The van der Waals surface area contributed by atoms with Crippen LogP contribution < -0.4 is 5.32 Å². The summed E-state index contributed by atoms with van der Waals surface area (Å²) < 4.78 is 0. The lowest BCUT2D eigenvalue weighted by molar-refractivity contribution is 0.101. The summed E-state index contributed by atoms with van der Waals surface area (Å²) in [5.74, 6) is 0.0205. The summed E-state index contributed by atoms with van der Waals surface area (Å²) >= 11 is 0. The SMILES string of the molecule is O=Cc1cccc(NCC(=O)c2ccccc2)c1. The molecule has 0 unspecified atom stereocenters. The molecule has 2 rings (SSSR count). The van der Waals surface area contributed by atoms with Crippen LogP contribution >= 0.6 is 0 Å². The van der Waals surface area contributed by atoms with Crippen LogP contribution in [0.4, 0.5) is 5.69 Å². The van der Waals surface area contributed by atoms with E-state index >= 15 is 0 Å². The number of carbonyl (C=O) groups is 2. The van der Waals surface area contributed by atoms with Gasteiger partial charge in [-0.25, -0.2) is 0 Å². The number of anilines is 1. The second-order valence-electron chi connectivity index (χ2n) is 3.89. The van der Waals surface area contributed by atoms with Gasteiger partial charge in [0.05, 0.1) is 6.54 Å². The molecule has 18 heavy (non-hydrogen) atoms. The van der Waals surface area contributed by atoms with Gasteiger partial charge in [-0.05, 0) is 12.1 Å². The lowest BCUT2D eigenvalue weighted by Gasteiger charge is -2.06. The molecule has 0 aliphatic carbocycles. The number of rotatable bonds is 5. The van der Waals surface area contributed by atoms with E-state index in [9.17, 15) is 9.59 Å². The Bertz CT molecular complexity index is 549. The van der Waals surface area contributed by atoms with Gasteiger partial charge >= 0.3 is 0 Å². The molecule has 3 nitrogen and oxygen atoms in total. The molecule has 0 heterocycles. The topological polar surface area (TPSA) is 46.2 Å². The maximum Gasteiger partial charge on any atom is 0.181 e. The molecular formula is C15H13NO2. The number of Topliss-reactive ketones (excluding diaryl/α,β-unsaturated/α-hetero) is 1. The molecular weight excluding hydrogens is 226 g/mol. The standard InChI is InChI=1S/C15H13NO2/c17-11-12-5-4-8-14(9-12)16-10-15(18)13-6-2-1-3-7-13/h1-9,11,16H,10H2. The van der Waals surface area contributed by atoms with Gasteiger partial charge in [0, 0.05) is 16.8 Å². The van der Waals surface area contributed by atoms with Gasteiger partial charge in [-0.15, -0.1) is 0 Å². The van der Waals surface area contributed by atoms with Crippen molar-refractivity contribution in [1.82, 2.24) is 0 Å². The summed E-state index contributed by atoms with van der Waals surface area (Å²) in [7, 11) is 0. The Morgan fingerprint density at radius 3 is 2.56 bits per heavy atom. The number of aldehydes is 1. The van der Waals surface area contributed by atoms with E-state index in [0.717, 1.165) is 12.0 Å². The molecule has 0 aliphatic rings. The van der Waals surface area contributed by atoms with Crippen LogP contribution in [0.2, 0.25) is 0 Å². The highest BCUT2D eigenvalue weighted by Crippen LogP contribution is 2.09. The van der Waals surface area contributed by atoms with Crippen LogP contribution in [0.15, 0.2) is 54.6 Å². The second kappa shape index (κ2) is 5.77. The zero-order valence-corrected chi connectivity index (χ0v) is 9.80. The number of nitrogens with one attached hydrogen (secondary N) is 1. The minimum absolute atomic E-state index is 0.0205. The molecule has 0 aromatic heterocycles. The van der Waals surface area contributed by atoms with Crippen molar-refractivity contribution in [2.75, 3.05) is 11.9 Å². The van der Waals surface area contributed by atoms with Gasteiger partial charge in [-0.1, -0.05) is 42.5 Å². The fourth-order valence-corrected chi connectivity index (χ4v) is 1.63. The lowest BCUT2D eigenvalue weighted by atomic mass is 10.1. The van der Waals surface area contributed by atoms with Crippen LogP contribution in [0.25, 0.3) is 0 Å². The van der Waals surface area contributed by atoms with Crippen molar-refractivity contribution in [3.05, 3.63) is 65.7 Å². The molecule has 0 bridgehead atoms. The van der Waals surface area contributed by atoms with Crippen molar-refractivity contribution in [2.24, 2.45) is 0 Å². The van der Waals surface area contributed by atoms with Crippen molar-refractivity contribution in [3.8, 4) is 0 Å². The smallest absolute Gasteiger partial charge is 0.181 e. The van der Waals surface area contributed by atoms with Crippen molar-refractivity contribution in [2.45, 2.75) is 0 Å². The average Bonchev–Trinajstić information content (AvgIpc) is 2.46. The third-order valence-electron chi connectivity index (χ3n) is 2.57. The van der Waals surface area contributed by atoms with Crippen LogP contribution in [0, 0.1) is 0 Å². The molecule has 2 aromatic rings. The first kappa shape index (κ1) is 12.0. The summed E-state index contributed by atoms with van der Waals surface area (Å²) in [6.07, 6.45) is 0.782. The summed E-state index contributed by atoms with van der Waals surface area (Å²) in [5, 5.41) is 3.01. The lowest BCUT2D eigenvalue weighted by Crippen LogP contribution is -2.13. The fourth-order valence-electron chi connectivity index (χ4n) is 1.63. The fraction of sp³-hybridized carbons (Fsp3) is 0.0667. The molecule has 0 amide bonds. The molecule has 0 saturated heterocycles. The van der Waals surface area contributed by atoms with E-state index in [1.807, 2.05) is 24.3 Å². The monoisotopic (exact) mass is 239 g/mol. The zero-order chi connectivity index (χ0) is 12.8. The first-order valence-electron chi connectivity index (χ1n) is 5.67. The third-order valence-corrected chi connectivity index (χ3v) is 2.57. The number of benzene rings is 2. The molecule has 0 spiro atoms. The number of hydrogen-bond donors (Lipinski definition) is 1. The molecule has 0 radical (unpaired) electrons. The predicted octanol–water partition coefficient (Wildman–Crippen LogP) is 2.79. The van der Waals surface area contributed by atoms with Crippen molar-refractivity contribution >= 4 is 17.8 Å². The number of ketones is 1. The van der Waals surface area contributed by atoms with Crippen LogP contribution in [0.5, 0.6) is 0 Å². The Kier molecular flexibility index (Phi) is 3.86. The Hall–Kier alpha value is -2.42. The predicted molar refractivity (Wildman–Crippen MR) is 71.1 cm³/mol. The van der Waals surface area contributed by atoms with Gasteiger partial charge in [0.1, 0.15) is 6.29 Å². The molecule has 90 valence electrons. The largest absolute Gasteiger partial charge is 0.378 e. The third kappa shape index (κ3) is 3.04. The molecule has 0 atom stereocenters. The van der Waals surface area contributed by atoms with Crippen molar-refractivity contribution in [1.29, 1.82) is 0 Å². The van der Waals surface area contributed by atoms with Gasteiger partial charge in [0.15, 0.2) is 5.78 Å². The van der Waals surface area contributed by atoms with Crippen LogP contribution in [0.1, 0.15) is 20.7 Å². The van der Waals surface area contributed by atoms with Crippen LogP contribution in [0.3, 0.4) is 0 Å². The van der Waals surface area contributed by atoms with E-state index in [-0.39, 0.29) is 12.3 Å². The van der Waals surface area contributed by atoms with E-state index < -0.39 is 0 Å². The normalized spacial score (nSPS) is 9.78. The highest BCUT2D eigenvalue weighted by atomic mass is 16.1. The highest BCUT2D eigenvalue weighted by molar-refractivity contribution is 5.99. The quantitative estimate of drug-likeness (QED) is 0.644. The molecule has 3 heteroatoms. The molecule has 0 fully saturated rings.